The number of fused-ring (bicyclic) bond motifs is 1. The van der Waals surface area contributed by atoms with Gasteiger partial charge in [-0.15, -0.1) is 0 Å². The number of amides is 1. The monoisotopic (exact) mass is 554 g/mol. The van der Waals surface area contributed by atoms with Gasteiger partial charge in [0.1, 0.15) is 18.6 Å². The molecule has 0 unspecified atom stereocenters. The number of aromatic nitrogens is 5. The van der Waals surface area contributed by atoms with Crippen LogP contribution in [0.5, 0.6) is 5.88 Å². The van der Waals surface area contributed by atoms with Crippen molar-refractivity contribution in [2.24, 2.45) is 0 Å². The molecule has 2 N–H and O–H groups in total. The number of ether oxygens (including phenoxy) is 1. The van der Waals surface area contributed by atoms with Crippen molar-refractivity contribution < 1.29 is 22.7 Å². The van der Waals surface area contributed by atoms with E-state index < -0.39 is 18.5 Å². The second kappa shape index (κ2) is 11.5. The number of alkyl halides is 3. The highest BCUT2D eigenvalue weighted by Gasteiger charge is 2.34. The molecule has 10 nitrogen and oxygen atoms in total. The molecule has 1 amide bonds. The van der Waals surface area contributed by atoms with Crippen LogP contribution in [0.3, 0.4) is 0 Å². The number of nitrogens with one attached hydrogen (secondary N) is 2. The van der Waals surface area contributed by atoms with Gasteiger partial charge in [-0.1, -0.05) is 6.07 Å². The molecule has 1 aromatic carbocycles. The summed E-state index contributed by atoms with van der Waals surface area (Å²) in [6.07, 6.45) is -2.73. The van der Waals surface area contributed by atoms with Crippen molar-refractivity contribution in [2.45, 2.75) is 39.1 Å². The van der Waals surface area contributed by atoms with Crippen molar-refractivity contribution in [3.8, 4) is 17.1 Å². The molecule has 210 valence electrons. The SMILES string of the molecule is CC(C)Oc1cc(-c2ccc3nc(Nc4cc(CN5CCN(C(=O)CC(F)(F)F)CC5)ccn4)[nH]c3c2)ncn1. The second-order valence-electron chi connectivity index (χ2n) is 9.85. The molecule has 40 heavy (non-hydrogen) atoms. The van der Waals surface area contributed by atoms with E-state index in [4.69, 9.17) is 4.74 Å². The zero-order chi connectivity index (χ0) is 28.3. The van der Waals surface area contributed by atoms with Crippen LogP contribution >= 0.6 is 0 Å². The maximum atomic E-state index is 12.5. The number of carbonyl (C=O) groups is 1. The summed E-state index contributed by atoms with van der Waals surface area (Å²) >= 11 is 0. The van der Waals surface area contributed by atoms with Crippen molar-refractivity contribution >= 4 is 28.7 Å². The van der Waals surface area contributed by atoms with Crippen LogP contribution in [0.2, 0.25) is 0 Å². The molecule has 0 atom stereocenters. The number of aromatic amines is 1. The molecule has 0 bridgehead atoms. The number of imidazole rings is 1. The van der Waals surface area contributed by atoms with E-state index in [0.717, 1.165) is 27.9 Å². The molecule has 1 fully saturated rings. The molecule has 0 spiro atoms. The van der Waals surface area contributed by atoms with Crippen LogP contribution in [0.1, 0.15) is 25.8 Å². The summed E-state index contributed by atoms with van der Waals surface area (Å²) in [5, 5.41) is 3.20. The summed E-state index contributed by atoms with van der Waals surface area (Å²) in [4.78, 5) is 36.0. The first-order chi connectivity index (χ1) is 19.1. The van der Waals surface area contributed by atoms with Gasteiger partial charge < -0.3 is 19.9 Å². The molecule has 1 aliphatic heterocycles. The Bertz CT molecular complexity index is 1480. The fourth-order valence-corrected chi connectivity index (χ4v) is 4.49. The number of benzene rings is 1. The Labute approximate surface area is 228 Å². The Morgan fingerprint density at radius 3 is 2.62 bits per heavy atom. The molecule has 4 aromatic rings. The van der Waals surface area contributed by atoms with E-state index in [2.05, 4.69) is 35.1 Å². The van der Waals surface area contributed by atoms with Crippen LogP contribution in [0.15, 0.2) is 48.9 Å². The van der Waals surface area contributed by atoms with E-state index in [0.29, 0.717) is 37.3 Å². The quantitative estimate of drug-likeness (QED) is 0.327. The largest absolute Gasteiger partial charge is 0.475 e. The van der Waals surface area contributed by atoms with E-state index in [1.807, 2.05) is 44.2 Å². The third-order valence-corrected chi connectivity index (χ3v) is 6.33. The predicted molar refractivity (Wildman–Crippen MR) is 143 cm³/mol. The van der Waals surface area contributed by atoms with Crippen LogP contribution in [0.25, 0.3) is 22.3 Å². The van der Waals surface area contributed by atoms with E-state index in [1.165, 1.54) is 11.2 Å². The molecule has 4 heterocycles. The Balaban J connectivity index is 1.21. The van der Waals surface area contributed by atoms with Gasteiger partial charge in [-0.25, -0.2) is 19.9 Å². The Morgan fingerprint density at radius 2 is 1.88 bits per heavy atom. The number of hydrogen-bond acceptors (Lipinski definition) is 8. The van der Waals surface area contributed by atoms with Crippen molar-refractivity contribution in [2.75, 3.05) is 31.5 Å². The highest BCUT2D eigenvalue weighted by molar-refractivity contribution is 5.83. The first-order valence-corrected chi connectivity index (χ1v) is 12.9. The number of halogens is 3. The number of H-pyrrole nitrogens is 1. The Hall–Kier alpha value is -4.26. The summed E-state index contributed by atoms with van der Waals surface area (Å²) < 4.78 is 43.3. The number of pyridine rings is 1. The molecule has 0 saturated carbocycles. The molecule has 13 heteroatoms. The smallest absolute Gasteiger partial charge is 0.397 e. The summed E-state index contributed by atoms with van der Waals surface area (Å²) in [5.74, 6) is 0.763. The number of carbonyl (C=O) groups excluding carboxylic acids is 1. The third kappa shape index (κ3) is 7.03. The summed E-state index contributed by atoms with van der Waals surface area (Å²) in [7, 11) is 0. The summed E-state index contributed by atoms with van der Waals surface area (Å²) in [6, 6.07) is 11.4. The zero-order valence-corrected chi connectivity index (χ0v) is 22.1. The molecule has 0 aliphatic carbocycles. The Morgan fingerprint density at radius 1 is 1.07 bits per heavy atom. The molecule has 1 aliphatic rings. The maximum absolute atomic E-state index is 12.5. The predicted octanol–water partition coefficient (Wildman–Crippen LogP) is 4.54. The molecular formula is C27H29F3N8O2. The summed E-state index contributed by atoms with van der Waals surface area (Å²) in [6.45, 7) is 6.00. The van der Waals surface area contributed by atoms with E-state index in [1.54, 1.807) is 12.3 Å². The minimum Gasteiger partial charge on any atom is -0.475 e. The zero-order valence-electron chi connectivity index (χ0n) is 22.1. The highest BCUT2D eigenvalue weighted by atomic mass is 19.4. The molecule has 0 radical (unpaired) electrons. The number of rotatable bonds is 8. The van der Waals surface area contributed by atoms with Crippen LogP contribution < -0.4 is 10.1 Å². The van der Waals surface area contributed by atoms with Crippen molar-refractivity contribution in [3.63, 3.8) is 0 Å². The fourth-order valence-electron chi connectivity index (χ4n) is 4.49. The van der Waals surface area contributed by atoms with E-state index in [9.17, 15) is 18.0 Å². The summed E-state index contributed by atoms with van der Waals surface area (Å²) in [5.41, 5.74) is 4.19. The second-order valence-corrected chi connectivity index (χ2v) is 9.85. The number of nitrogens with zero attached hydrogens (tertiary/aromatic N) is 6. The van der Waals surface area contributed by atoms with Gasteiger partial charge in [0.25, 0.3) is 0 Å². The van der Waals surface area contributed by atoms with Gasteiger partial charge in [0, 0.05) is 50.6 Å². The van der Waals surface area contributed by atoms with E-state index in [-0.39, 0.29) is 19.2 Å². The molecular weight excluding hydrogens is 525 g/mol. The number of piperazine rings is 1. The normalized spacial score (nSPS) is 14.6. The molecule has 5 rings (SSSR count). The lowest BCUT2D eigenvalue weighted by Gasteiger charge is -2.35. The minimum atomic E-state index is -4.49. The van der Waals surface area contributed by atoms with Gasteiger partial charge in [-0.2, -0.15) is 13.2 Å². The maximum Gasteiger partial charge on any atom is 0.397 e. The minimum absolute atomic E-state index is 0.00565. The lowest BCUT2D eigenvalue weighted by Crippen LogP contribution is -2.49. The highest BCUT2D eigenvalue weighted by Crippen LogP contribution is 2.26. The first-order valence-electron chi connectivity index (χ1n) is 12.9. The standard InChI is InChI=1S/C27H29F3N8O2/c1-17(2)40-24-13-21(32-16-33-24)19-3-4-20-22(12-19)35-26(34-20)36-23-11-18(5-6-31-23)15-37-7-9-38(10-8-37)25(39)14-27(28,29)30/h3-6,11-13,16-17H,7-10,14-15H2,1-2H3,(H2,31,34,35,36). The van der Waals surface area contributed by atoms with Gasteiger partial charge in [-0.05, 0) is 43.7 Å². The average molecular weight is 555 g/mol. The first kappa shape index (κ1) is 27.3. The molecule has 3 aromatic heterocycles. The van der Waals surface area contributed by atoms with Crippen LogP contribution in [-0.2, 0) is 11.3 Å². The Kier molecular flexibility index (Phi) is 7.83. The lowest BCUT2D eigenvalue weighted by atomic mass is 10.1. The number of hydrogen-bond donors (Lipinski definition) is 2. The van der Waals surface area contributed by atoms with Crippen LogP contribution in [0, 0.1) is 0 Å². The van der Waals surface area contributed by atoms with Gasteiger partial charge in [0.15, 0.2) is 0 Å². The van der Waals surface area contributed by atoms with Crippen LogP contribution in [-0.4, -0.2) is 79.1 Å². The fraction of sp³-hybridized carbons (Fsp3) is 0.370. The van der Waals surface area contributed by atoms with Gasteiger partial charge in [0.2, 0.25) is 17.7 Å². The van der Waals surface area contributed by atoms with E-state index >= 15 is 0 Å². The van der Waals surface area contributed by atoms with Gasteiger partial charge in [-0.3, -0.25) is 9.69 Å². The van der Waals surface area contributed by atoms with Gasteiger partial charge in [0.05, 0.1) is 22.8 Å². The van der Waals surface area contributed by atoms with Crippen LogP contribution in [0.4, 0.5) is 24.9 Å². The third-order valence-electron chi connectivity index (χ3n) is 6.33. The van der Waals surface area contributed by atoms with Crippen molar-refractivity contribution in [1.29, 1.82) is 0 Å². The van der Waals surface area contributed by atoms with Crippen molar-refractivity contribution in [3.05, 3.63) is 54.5 Å². The lowest BCUT2D eigenvalue weighted by molar-refractivity contribution is -0.162. The van der Waals surface area contributed by atoms with Gasteiger partial charge >= 0.3 is 6.18 Å². The topological polar surface area (TPSA) is 112 Å². The molecule has 1 saturated heterocycles. The number of anilines is 2. The average Bonchev–Trinajstić information content (AvgIpc) is 3.29. The van der Waals surface area contributed by atoms with Crippen molar-refractivity contribution in [1.82, 2.24) is 34.7 Å².